The number of hydrogen-bond acceptors (Lipinski definition) is 4. The van der Waals surface area contributed by atoms with Crippen LogP contribution in [0.15, 0.2) is 87.3 Å². The minimum Gasteiger partial charge on any atom is -0.507 e. The number of hydrogen-bond donors (Lipinski definition) is 2. The van der Waals surface area contributed by atoms with Crippen LogP contribution in [0.4, 0.5) is 0 Å². The Bertz CT molecular complexity index is 2070. The zero-order chi connectivity index (χ0) is 39.4. The molecule has 6 heteroatoms. The number of allylic oxidation sites excluding steroid dienone is 1. The summed E-state index contributed by atoms with van der Waals surface area (Å²) in [7, 11) is 0. The molecule has 0 amide bonds. The van der Waals surface area contributed by atoms with Crippen LogP contribution in [0.5, 0.6) is 11.5 Å². The van der Waals surface area contributed by atoms with Crippen LogP contribution in [0.25, 0.3) is 5.57 Å². The van der Waals surface area contributed by atoms with Gasteiger partial charge in [0.05, 0.1) is 0 Å². The van der Waals surface area contributed by atoms with E-state index in [1.807, 2.05) is 26.0 Å². The monoisotopic (exact) mass is 876 g/mol. The second kappa shape index (κ2) is 16.0. The standard InChI is InChI=1S/C25H27BrO.C15H13BrO2.C10H14O/c1-14-7-19(8-15(2)25(14)27)23(18-3-5-22(26)6-4-18)24-20-10-16-9-17(12-20)13-21(24)11-16;1-9-7-12(8-10(2)14(9)17)15(18)11-3-5-13(16)6-4-11;11-10-8-2-6-1-7(4-8)5-9(10)3-6/h3-8,16-17,20-21,27H,9-13H2,1-2H3;3-8,17H,1-2H3;6-9H,1-5H2. The van der Waals surface area contributed by atoms with Gasteiger partial charge < -0.3 is 10.2 Å². The lowest BCUT2D eigenvalue weighted by atomic mass is 9.53. The number of aryl methyl sites for hydroxylation is 4. The van der Waals surface area contributed by atoms with E-state index in [1.54, 1.807) is 43.7 Å². The largest absolute Gasteiger partial charge is 0.507 e. The van der Waals surface area contributed by atoms with Crippen molar-refractivity contribution in [3.05, 3.63) is 132 Å². The third-order valence-corrected chi connectivity index (χ3v) is 15.1. The molecular formula is C50H54Br2O4. The molecule has 8 fully saturated rings. The van der Waals surface area contributed by atoms with Gasteiger partial charge in [-0.25, -0.2) is 0 Å². The highest BCUT2D eigenvalue weighted by atomic mass is 79.9. The zero-order valence-corrected chi connectivity index (χ0v) is 36.3. The molecule has 0 heterocycles. The van der Waals surface area contributed by atoms with Gasteiger partial charge >= 0.3 is 0 Å². The summed E-state index contributed by atoms with van der Waals surface area (Å²) in [6.45, 7) is 7.63. The predicted molar refractivity (Wildman–Crippen MR) is 232 cm³/mol. The van der Waals surface area contributed by atoms with Gasteiger partial charge in [-0.1, -0.05) is 49.6 Å². The molecule has 12 rings (SSSR count). The molecule has 0 saturated heterocycles. The average molecular weight is 879 g/mol. The average Bonchev–Trinajstić information content (AvgIpc) is 3.16. The first-order valence-corrected chi connectivity index (χ1v) is 22.3. The second-order valence-electron chi connectivity index (χ2n) is 18.1. The van der Waals surface area contributed by atoms with Crippen LogP contribution >= 0.6 is 31.9 Å². The first-order chi connectivity index (χ1) is 26.8. The lowest BCUT2D eigenvalue weighted by Gasteiger charge is -2.52. The molecule has 56 heavy (non-hydrogen) atoms. The number of phenolic OH excluding ortho intramolecular Hbond substituents is 2. The summed E-state index contributed by atoms with van der Waals surface area (Å²) in [5.74, 6) is 7.61. The Labute approximate surface area is 349 Å². The molecule has 8 saturated carbocycles. The Morgan fingerprint density at radius 3 is 1.21 bits per heavy atom. The van der Waals surface area contributed by atoms with E-state index in [0.29, 0.717) is 34.5 Å². The third-order valence-electron chi connectivity index (χ3n) is 14.0. The Morgan fingerprint density at radius 2 is 0.821 bits per heavy atom. The fourth-order valence-corrected chi connectivity index (χ4v) is 12.3. The minimum absolute atomic E-state index is 0.0336. The number of carbonyl (C=O) groups is 2. The first kappa shape index (κ1) is 39.4. The number of ketones is 2. The SMILES string of the molecule is Cc1cc(C(=C2C3CC4CC(C3)CC2C4)c2ccc(Br)cc2)cc(C)c1O.Cc1cc(C(=O)c2ccc(Br)cc2)cc(C)c1O.O=C1C2CC3CC(C2)CC1C3. The lowest BCUT2D eigenvalue weighted by Crippen LogP contribution is -2.45. The minimum atomic E-state index is -0.0336. The molecule has 0 radical (unpaired) electrons. The van der Waals surface area contributed by atoms with Crippen molar-refractivity contribution in [3.63, 3.8) is 0 Å². The highest BCUT2D eigenvalue weighted by Crippen LogP contribution is 2.59. The Balaban J connectivity index is 0.000000130. The lowest BCUT2D eigenvalue weighted by molar-refractivity contribution is -0.139. The topological polar surface area (TPSA) is 74.6 Å². The number of benzene rings is 4. The summed E-state index contributed by atoms with van der Waals surface area (Å²) in [4.78, 5) is 23.9. The van der Waals surface area contributed by atoms with Gasteiger partial charge in [-0.2, -0.15) is 0 Å². The van der Waals surface area contributed by atoms with Crippen molar-refractivity contribution in [2.75, 3.05) is 0 Å². The predicted octanol–water partition coefficient (Wildman–Crippen LogP) is 13.0. The Morgan fingerprint density at radius 1 is 0.482 bits per heavy atom. The number of Topliss-reactive ketones (excluding diaryl/α,β-unsaturated/α-hetero) is 1. The fourth-order valence-electron chi connectivity index (χ4n) is 11.8. The quantitative estimate of drug-likeness (QED) is 0.200. The summed E-state index contributed by atoms with van der Waals surface area (Å²) in [5.41, 5.74) is 10.4. The number of aromatic hydroxyl groups is 2. The number of rotatable bonds is 4. The van der Waals surface area contributed by atoms with Gasteiger partial charge in [0.2, 0.25) is 0 Å². The normalized spacial score (nSPS) is 27.7. The van der Waals surface area contributed by atoms with Crippen molar-refractivity contribution in [2.45, 2.75) is 91.9 Å². The summed E-state index contributed by atoms with van der Waals surface area (Å²) in [5, 5.41) is 20.0. The van der Waals surface area contributed by atoms with E-state index < -0.39 is 0 Å². The van der Waals surface area contributed by atoms with E-state index in [1.165, 1.54) is 80.9 Å². The fraction of sp³-hybridized carbons (Fsp3) is 0.440. The van der Waals surface area contributed by atoms with E-state index in [9.17, 15) is 19.8 Å². The molecule has 0 atom stereocenters. The van der Waals surface area contributed by atoms with Crippen molar-refractivity contribution < 1.29 is 19.8 Å². The van der Waals surface area contributed by atoms with Crippen molar-refractivity contribution in [2.24, 2.45) is 47.3 Å². The second-order valence-corrected chi connectivity index (χ2v) is 19.9. The molecule has 0 spiro atoms. The first-order valence-electron chi connectivity index (χ1n) is 20.8. The molecule has 4 nitrogen and oxygen atoms in total. The highest BCUT2D eigenvalue weighted by molar-refractivity contribution is 9.10. The van der Waals surface area contributed by atoms with E-state index in [4.69, 9.17) is 0 Å². The molecule has 0 aromatic heterocycles. The zero-order valence-electron chi connectivity index (χ0n) is 33.1. The van der Waals surface area contributed by atoms with Crippen LogP contribution in [-0.4, -0.2) is 21.8 Å². The number of halogens is 2. The molecular weight excluding hydrogens is 824 g/mol. The van der Waals surface area contributed by atoms with Gasteiger partial charge in [-0.15, -0.1) is 0 Å². The molecule has 8 aliphatic carbocycles. The van der Waals surface area contributed by atoms with Gasteiger partial charge in [-0.3, -0.25) is 9.59 Å². The van der Waals surface area contributed by atoms with E-state index >= 15 is 0 Å². The van der Waals surface area contributed by atoms with Crippen LogP contribution in [0.2, 0.25) is 0 Å². The maximum absolute atomic E-state index is 12.3. The van der Waals surface area contributed by atoms with Crippen molar-refractivity contribution in [1.82, 2.24) is 0 Å². The van der Waals surface area contributed by atoms with Crippen LogP contribution in [-0.2, 0) is 4.79 Å². The molecule has 8 bridgehead atoms. The van der Waals surface area contributed by atoms with Crippen molar-refractivity contribution in [3.8, 4) is 11.5 Å². The van der Waals surface area contributed by atoms with E-state index in [-0.39, 0.29) is 11.5 Å². The van der Waals surface area contributed by atoms with Gasteiger partial charge in [-0.05, 0) is 227 Å². The third kappa shape index (κ3) is 7.99. The number of phenols is 2. The summed E-state index contributed by atoms with van der Waals surface area (Å²) in [6, 6.07) is 23.9. The molecule has 0 unspecified atom stereocenters. The Hall–Kier alpha value is -3.48. The van der Waals surface area contributed by atoms with Gasteiger partial charge in [0.25, 0.3) is 0 Å². The van der Waals surface area contributed by atoms with Gasteiger partial charge in [0.15, 0.2) is 5.78 Å². The molecule has 4 aromatic rings. The van der Waals surface area contributed by atoms with Gasteiger partial charge in [0, 0.05) is 31.9 Å². The Kier molecular flexibility index (Phi) is 11.3. The maximum atomic E-state index is 12.3. The van der Waals surface area contributed by atoms with E-state index in [0.717, 1.165) is 66.7 Å². The highest BCUT2D eigenvalue weighted by Gasteiger charge is 2.48. The summed E-state index contributed by atoms with van der Waals surface area (Å²) < 4.78 is 2.07. The summed E-state index contributed by atoms with van der Waals surface area (Å²) >= 11 is 6.93. The van der Waals surface area contributed by atoms with Crippen molar-refractivity contribution in [1.29, 1.82) is 0 Å². The van der Waals surface area contributed by atoms with Gasteiger partial charge in [0.1, 0.15) is 17.3 Å². The van der Waals surface area contributed by atoms with Crippen molar-refractivity contribution >= 4 is 49.0 Å². The summed E-state index contributed by atoms with van der Waals surface area (Å²) in [6.07, 6.45) is 13.4. The molecule has 4 aromatic carbocycles. The maximum Gasteiger partial charge on any atom is 0.193 e. The number of carbonyl (C=O) groups excluding carboxylic acids is 2. The van der Waals surface area contributed by atoms with Crippen LogP contribution in [0, 0.1) is 75.0 Å². The van der Waals surface area contributed by atoms with Crippen LogP contribution in [0.1, 0.15) is 114 Å². The van der Waals surface area contributed by atoms with Crippen LogP contribution < -0.4 is 0 Å². The van der Waals surface area contributed by atoms with Crippen LogP contribution in [0.3, 0.4) is 0 Å². The molecule has 8 aliphatic rings. The molecule has 0 aliphatic heterocycles. The van der Waals surface area contributed by atoms with E-state index in [2.05, 4.69) is 68.3 Å². The smallest absolute Gasteiger partial charge is 0.193 e. The molecule has 292 valence electrons. The molecule has 2 N–H and O–H groups in total.